The molecule has 0 fully saturated rings. The summed E-state index contributed by atoms with van der Waals surface area (Å²) in [6.07, 6.45) is 2.44. The van der Waals surface area contributed by atoms with Gasteiger partial charge in [-0.1, -0.05) is 41.1 Å². The van der Waals surface area contributed by atoms with Crippen LogP contribution in [0.15, 0.2) is 28.7 Å². The molecule has 0 heterocycles. The highest BCUT2D eigenvalue weighted by atomic mass is 79.9. The Bertz CT molecular complexity index is 387. The first-order chi connectivity index (χ1) is 8.69. The van der Waals surface area contributed by atoms with E-state index in [4.69, 9.17) is 5.73 Å². The topological polar surface area (TPSA) is 55.1 Å². The minimum Gasteiger partial charge on any atom is -0.356 e. The second-order valence-electron chi connectivity index (χ2n) is 4.33. The lowest BCUT2D eigenvalue weighted by Crippen LogP contribution is -2.33. The predicted octanol–water partition coefficient (Wildman–Crippen LogP) is 2.90. The summed E-state index contributed by atoms with van der Waals surface area (Å²) < 4.78 is 1.07. The van der Waals surface area contributed by atoms with Gasteiger partial charge in [-0.25, -0.2) is 0 Å². The standard InChI is InChI=1S/C14H21BrN2O.ClH/c1-2-11(14(18)17-9-5-8-16)10-12-6-3-4-7-13(12)15;/h3-4,6-7,11H,2,5,8-10,16H2,1H3,(H,17,18);1H. The van der Waals surface area contributed by atoms with Crippen molar-refractivity contribution in [2.24, 2.45) is 11.7 Å². The van der Waals surface area contributed by atoms with Crippen molar-refractivity contribution in [1.82, 2.24) is 5.32 Å². The van der Waals surface area contributed by atoms with E-state index < -0.39 is 0 Å². The molecule has 0 bridgehead atoms. The maximum absolute atomic E-state index is 12.0. The Kier molecular flexibility index (Phi) is 9.92. The molecule has 0 aromatic heterocycles. The van der Waals surface area contributed by atoms with Gasteiger partial charge in [0.15, 0.2) is 0 Å². The Hall–Kier alpha value is -0.580. The van der Waals surface area contributed by atoms with Crippen LogP contribution in [0.1, 0.15) is 25.3 Å². The minimum atomic E-state index is 0. The van der Waals surface area contributed by atoms with Crippen molar-refractivity contribution in [3.8, 4) is 0 Å². The van der Waals surface area contributed by atoms with Gasteiger partial charge in [0.2, 0.25) is 5.91 Å². The molecular weight excluding hydrogens is 328 g/mol. The average molecular weight is 350 g/mol. The van der Waals surface area contributed by atoms with E-state index in [1.807, 2.05) is 25.1 Å². The van der Waals surface area contributed by atoms with Crippen LogP contribution in [0.4, 0.5) is 0 Å². The fourth-order valence-corrected chi connectivity index (χ4v) is 2.26. The molecule has 1 aromatic carbocycles. The van der Waals surface area contributed by atoms with Gasteiger partial charge in [-0.3, -0.25) is 4.79 Å². The molecule has 1 unspecified atom stereocenters. The second-order valence-corrected chi connectivity index (χ2v) is 5.19. The average Bonchev–Trinajstić information content (AvgIpc) is 2.38. The van der Waals surface area contributed by atoms with Gasteiger partial charge in [0.25, 0.3) is 0 Å². The molecule has 1 amide bonds. The lowest BCUT2D eigenvalue weighted by molar-refractivity contribution is -0.125. The molecule has 0 aliphatic rings. The number of rotatable bonds is 7. The third kappa shape index (κ3) is 6.41. The lowest BCUT2D eigenvalue weighted by atomic mass is 9.96. The van der Waals surface area contributed by atoms with Crippen molar-refractivity contribution in [2.45, 2.75) is 26.2 Å². The number of nitrogens with one attached hydrogen (secondary N) is 1. The molecule has 0 saturated heterocycles. The number of benzene rings is 1. The van der Waals surface area contributed by atoms with Crippen LogP contribution in [-0.2, 0) is 11.2 Å². The summed E-state index contributed by atoms with van der Waals surface area (Å²) in [4.78, 5) is 12.0. The van der Waals surface area contributed by atoms with Crippen LogP contribution >= 0.6 is 28.3 Å². The highest BCUT2D eigenvalue weighted by Crippen LogP contribution is 2.21. The SMILES string of the molecule is CCC(Cc1ccccc1Br)C(=O)NCCCN.Cl. The zero-order valence-electron chi connectivity index (χ0n) is 11.2. The van der Waals surface area contributed by atoms with Crippen molar-refractivity contribution >= 4 is 34.2 Å². The normalized spacial score (nSPS) is 11.5. The Balaban J connectivity index is 0.00000324. The molecular formula is C14H22BrClN2O. The lowest BCUT2D eigenvalue weighted by Gasteiger charge is -2.15. The fourth-order valence-electron chi connectivity index (χ4n) is 1.81. The molecule has 0 radical (unpaired) electrons. The Morgan fingerprint density at radius 3 is 2.68 bits per heavy atom. The van der Waals surface area contributed by atoms with Crippen LogP contribution in [0.5, 0.6) is 0 Å². The van der Waals surface area contributed by atoms with E-state index in [1.165, 1.54) is 5.56 Å². The van der Waals surface area contributed by atoms with Gasteiger partial charge >= 0.3 is 0 Å². The quantitative estimate of drug-likeness (QED) is 0.744. The first-order valence-corrected chi connectivity index (χ1v) is 7.19. The van der Waals surface area contributed by atoms with Crippen molar-refractivity contribution < 1.29 is 4.79 Å². The van der Waals surface area contributed by atoms with Crippen molar-refractivity contribution in [3.05, 3.63) is 34.3 Å². The van der Waals surface area contributed by atoms with Crippen molar-refractivity contribution in [1.29, 1.82) is 0 Å². The van der Waals surface area contributed by atoms with E-state index in [9.17, 15) is 4.79 Å². The van der Waals surface area contributed by atoms with Gasteiger partial charge in [0, 0.05) is 16.9 Å². The van der Waals surface area contributed by atoms with Gasteiger partial charge in [-0.15, -0.1) is 12.4 Å². The van der Waals surface area contributed by atoms with Crippen molar-refractivity contribution in [3.63, 3.8) is 0 Å². The molecule has 1 atom stereocenters. The molecule has 19 heavy (non-hydrogen) atoms. The van der Waals surface area contributed by atoms with Crippen LogP contribution in [0.25, 0.3) is 0 Å². The van der Waals surface area contributed by atoms with Crippen LogP contribution in [0, 0.1) is 5.92 Å². The zero-order chi connectivity index (χ0) is 13.4. The van der Waals surface area contributed by atoms with Crippen LogP contribution < -0.4 is 11.1 Å². The van der Waals surface area contributed by atoms with E-state index in [0.717, 1.165) is 23.7 Å². The summed E-state index contributed by atoms with van der Waals surface area (Å²) in [5.74, 6) is 0.156. The number of amides is 1. The number of carbonyl (C=O) groups is 1. The molecule has 0 aliphatic heterocycles. The van der Waals surface area contributed by atoms with Crippen LogP contribution in [0.2, 0.25) is 0 Å². The maximum atomic E-state index is 12.0. The summed E-state index contributed by atoms with van der Waals surface area (Å²) in [5, 5.41) is 2.94. The largest absolute Gasteiger partial charge is 0.356 e. The van der Waals surface area contributed by atoms with E-state index in [1.54, 1.807) is 0 Å². The Morgan fingerprint density at radius 2 is 2.11 bits per heavy atom. The first kappa shape index (κ1) is 18.4. The van der Waals surface area contributed by atoms with E-state index in [2.05, 4.69) is 27.3 Å². The molecule has 3 nitrogen and oxygen atoms in total. The first-order valence-electron chi connectivity index (χ1n) is 6.40. The monoisotopic (exact) mass is 348 g/mol. The van der Waals surface area contributed by atoms with Gasteiger partial charge in [0.05, 0.1) is 0 Å². The summed E-state index contributed by atoms with van der Waals surface area (Å²) in [6.45, 7) is 3.33. The van der Waals surface area contributed by atoms with Gasteiger partial charge in [-0.05, 0) is 37.4 Å². The maximum Gasteiger partial charge on any atom is 0.223 e. The molecule has 1 rings (SSSR count). The number of halogens is 2. The molecule has 0 saturated carbocycles. The van der Waals surface area contributed by atoms with E-state index in [0.29, 0.717) is 13.1 Å². The smallest absolute Gasteiger partial charge is 0.223 e. The van der Waals surface area contributed by atoms with Crippen LogP contribution in [0.3, 0.4) is 0 Å². The molecule has 5 heteroatoms. The fraction of sp³-hybridized carbons (Fsp3) is 0.500. The number of nitrogens with two attached hydrogens (primary N) is 1. The minimum absolute atomic E-state index is 0. The van der Waals surface area contributed by atoms with E-state index >= 15 is 0 Å². The third-order valence-corrected chi connectivity index (χ3v) is 3.74. The molecule has 0 spiro atoms. The van der Waals surface area contributed by atoms with Gasteiger partial charge < -0.3 is 11.1 Å². The van der Waals surface area contributed by atoms with Gasteiger partial charge in [0.1, 0.15) is 0 Å². The molecule has 1 aromatic rings. The summed E-state index contributed by atoms with van der Waals surface area (Å²) >= 11 is 3.52. The zero-order valence-corrected chi connectivity index (χ0v) is 13.6. The number of hydrogen-bond acceptors (Lipinski definition) is 2. The molecule has 108 valence electrons. The number of hydrogen-bond donors (Lipinski definition) is 2. The molecule has 0 aliphatic carbocycles. The molecule has 3 N–H and O–H groups in total. The van der Waals surface area contributed by atoms with E-state index in [-0.39, 0.29) is 24.2 Å². The third-order valence-electron chi connectivity index (χ3n) is 2.97. The predicted molar refractivity (Wildman–Crippen MR) is 85.6 cm³/mol. The highest BCUT2D eigenvalue weighted by Gasteiger charge is 2.17. The van der Waals surface area contributed by atoms with Crippen LogP contribution in [-0.4, -0.2) is 19.0 Å². The summed E-state index contributed by atoms with van der Waals surface area (Å²) in [5.41, 5.74) is 6.59. The number of carbonyl (C=O) groups excluding carboxylic acids is 1. The Morgan fingerprint density at radius 1 is 1.42 bits per heavy atom. The second kappa shape index (κ2) is 10.2. The highest BCUT2D eigenvalue weighted by molar-refractivity contribution is 9.10. The summed E-state index contributed by atoms with van der Waals surface area (Å²) in [7, 11) is 0. The van der Waals surface area contributed by atoms with Crippen molar-refractivity contribution in [2.75, 3.05) is 13.1 Å². The summed E-state index contributed by atoms with van der Waals surface area (Å²) in [6, 6.07) is 8.04. The van der Waals surface area contributed by atoms with Gasteiger partial charge in [-0.2, -0.15) is 0 Å². The Labute approximate surface area is 129 Å².